The van der Waals surface area contributed by atoms with Gasteiger partial charge in [0.15, 0.2) is 0 Å². The number of benzene rings is 1. The van der Waals surface area contributed by atoms with E-state index in [4.69, 9.17) is 0 Å². The first kappa shape index (κ1) is 13.5. The highest BCUT2D eigenvalue weighted by atomic mass is 19.1. The molecule has 2 rings (SSSR count). The van der Waals surface area contributed by atoms with Gasteiger partial charge in [-0.25, -0.2) is 9.37 Å². The maximum absolute atomic E-state index is 13.5. The number of non-ortho nitro benzene ring substituents is 1. The minimum absolute atomic E-state index is 0.141. The van der Waals surface area contributed by atoms with Crippen LogP contribution in [0.1, 0.15) is 10.4 Å². The van der Waals surface area contributed by atoms with Crippen molar-refractivity contribution in [2.75, 3.05) is 5.32 Å². The van der Waals surface area contributed by atoms with E-state index in [2.05, 4.69) is 10.3 Å². The summed E-state index contributed by atoms with van der Waals surface area (Å²) in [4.78, 5) is 25.0. The Kier molecular flexibility index (Phi) is 3.65. The third kappa shape index (κ3) is 2.91. The molecular formula is C12H7F2N3O3. The van der Waals surface area contributed by atoms with Crippen molar-refractivity contribution in [2.45, 2.75) is 0 Å². The van der Waals surface area contributed by atoms with E-state index in [0.29, 0.717) is 0 Å². The normalized spacial score (nSPS) is 10.1. The van der Waals surface area contributed by atoms with Gasteiger partial charge < -0.3 is 5.32 Å². The fraction of sp³-hybridized carbons (Fsp3) is 0. The number of aromatic nitrogens is 1. The van der Waals surface area contributed by atoms with Gasteiger partial charge in [0, 0.05) is 12.1 Å². The summed E-state index contributed by atoms with van der Waals surface area (Å²) in [5.41, 5.74) is -0.750. The van der Waals surface area contributed by atoms with Crippen LogP contribution in [0.3, 0.4) is 0 Å². The van der Waals surface area contributed by atoms with Crippen LogP contribution in [0, 0.1) is 21.9 Å². The number of anilines is 1. The maximum Gasteiger partial charge on any atom is 0.270 e. The maximum atomic E-state index is 13.5. The highest BCUT2D eigenvalue weighted by Gasteiger charge is 2.17. The zero-order chi connectivity index (χ0) is 14.7. The summed E-state index contributed by atoms with van der Waals surface area (Å²) in [5.74, 6) is -2.52. The molecule has 1 aromatic heterocycles. The number of rotatable bonds is 3. The van der Waals surface area contributed by atoms with E-state index in [1.807, 2.05) is 0 Å². The smallest absolute Gasteiger partial charge is 0.270 e. The van der Waals surface area contributed by atoms with Crippen molar-refractivity contribution in [1.82, 2.24) is 4.98 Å². The van der Waals surface area contributed by atoms with Crippen molar-refractivity contribution in [3.8, 4) is 0 Å². The van der Waals surface area contributed by atoms with Crippen LogP contribution in [0.25, 0.3) is 0 Å². The topological polar surface area (TPSA) is 85.1 Å². The zero-order valence-corrected chi connectivity index (χ0v) is 9.84. The molecule has 0 bridgehead atoms. The Labute approximate surface area is 111 Å². The first-order valence-corrected chi connectivity index (χ1v) is 5.34. The van der Waals surface area contributed by atoms with Gasteiger partial charge in [0.1, 0.15) is 5.82 Å². The number of hydrogen-bond acceptors (Lipinski definition) is 4. The number of pyridine rings is 1. The molecule has 0 unspecified atom stereocenters. The van der Waals surface area contributed by atoms with Gasteiger partial charge in [-0.1, -0.05) is 0 Å². The average molecular weight is 279 g/mol. The van der Waals surface area contributed by atoms with Gasteiger partial charge >= 0.3 is 0 Å². The Balaban J connectivity index is 2.26. The van der Waals surface area contributed by atoms with Gasteiger partial charge in [-0.15, -0.1) is 0 Å². The van der Waals surface area contributed by atoms with Crippen molar-refractivity contribution in [3.63, 3.8) is 0 Å². The lowest BCUT2D eigenvalue weighted by molar-refractivity contribution is -0.384. The van der Waals surface area contributed by atoms with Gasteiger partial charge in [-0.05, 0) is 18.2 Å². The number of nitrogens with one attached hydrogen (secondary N) is 1. The standard InChI is InChI=1S/C12H7F2N3O3/c13-10-3-2-8(17(19)20)5-9(10)12(18)16-7-1-4-11(14)15-6-7/h1-6H,(H,16,18). The van der Waals surface area contributed by atoms with Crippen LogP contribution >= 0.6 is 0 Å². The first-order chi connectivity index (χ1) is 9.47. The molecule has 0 radical (unpaired) electrons. The van der Waals surface area contributed by atoms with Crippen molar-refractivity contribution in [3.05, 3.63) is 64.0 Å². The molecule has 20 heavy (non-hydrogen) atoms. The molecule has 0 aliphatic heterocycles. The van der Waals surface area contributed by atoms with E-state index < -0.39 is 33.8 Å². The highest BCUT2D eigenvalue weighted by Crippen LogP contribution is 2.18. The van der Waals surface area contributed by atoms with Gasteiger partial charge in [0.05, 0.1) is 22.4 Å². The molecule has 102 valence electrons. The molecule has 1 heterocycles. The summed E-state index contributed by atoms with van der Waals surface area (Å²) >= 11 is 0. The van der Waals surface area contributed by atoms with Crippen LogP contribution < -0.4 is 5.32 Å². The van der Waals surface area contributed by atoms with Gasteiger partial charge in [-0.3, -0.25) is 14.9 Å². The number of nitro groups is 1. The quantitative estimate of drug-likeness (QED) is 0.531. The Morgan fingerprint density at radius 1 is 1.25 bits per heavy atom. The average Bonchev–Trinajstić information content (AvgIpc) is 2.41. The lowest BCUT2D eigenvalue weighted by Gasteiger charge is -2.05. The number of carbonyl (C=O) groups is 1. The molecule has 6 nitrogen and oxygen atoms in total. The third-order valence-electron chi connectivity index (χ3n) is 2.39. The molecule has 0 spiro atoms. The predicted molar refractivity (Wildman–Crippen MR) is 65.2 cm³/mol. The molecule has 1 N–H and O–H groups in total. The second-order valence-electron chi connectivity index (χ2n) is 3.74. The van der Waals surface area contributed by atoms with Gasteiger partial charge in [0.25, 0.3) is 11.6 Å². The lowest BCUT2D eigenvalue weighted by atomic mass is 10.1. The summed E-state index contributed by atoms with van der Waals surface area (Å²) < 4.78 is 26.1. The van der Waals surface area contributed by atoms with E-state index >= 15 is 0 Å². The Morgan fingerprint density at radius 2 is 2.00 bits per heavy atom. The molecule has 1 aromatic carbocycles. The van der Waals surface area contributed by atoms with E-state index in [-0.39, 0.29) is 5.69 Å². The summed E-state index contributed by atoms with van der Waals surface area (Å²) in [6.07, 6.45) is 1.04. The molecule has 1 amide bonds. The van der Waals surface area contributed by atoms with E-state index in [1.54, 1.807) is 0 Å². The highest BCUT2D eigenvalue weighted by molar-refractivity contribution is 6.04. The molecule has 0 aliphatic carbocycles. The number of hydrogen-bond donors (Lipinski definition) is 1. The number of carbonyl (C=O) groups excluding carboxylic acids is 1. The molecule has 8 heteroatoms. The van der Waals surface area contributed by atoms with E-state index in [9.17, 15) is 23.7 Å². The minimum atomic E-state index is -0.900. The molecule has 0 fully saturated rings. The van der Waals surface area contributed by atoms with Gasteiger partial charge in [0.2, 0.25) is 5.95 Å². The molecular weight excluding hydrogens is 272 g/mol. The number of nitro benzene ring substituents is 1. The third-order valence-corrected chi connectivity index (χ3v) is 2.39. The largest absolute Gasteiger partial charge is 0.320 e. The van der Waals surface area contributed by atoms with Crippen molar-refractivity contribution in [2.24, 2.45) is 0 Å². The molecule has 0 saturated carbocycles. The molecule has 0 saturated heterocycles. The summed E-state index contributed by atoms with van der Waals surface area (Å²) in [6, 6.07) is 4.85. The van der Waals surface area contributed by atoms with Crippen molar-refractivity contribution < 1.29 is 18.5 Å². The molecule has 0 aliphatic rings. The fourth-order valence-corrected chi connectivity index (χ4v) is 1.45. The Bertz CT molecular complexity index is 674. The lowest BCUT2D eigenvalue weighted by Crippen LogP contribution is -2.14. The second-order valence-corrected chi connectivity index (χ2v) is 3.74. The van der Waals surface area contributed by atoms with Crippen molar-refractivity contribution >= 4 is 17.3 Å². The molecule has 0 atom stereocenters. The van der Waals surface area contributed by atoms with Crippen LogP contribution in [0.4, 0.5) is 20.2 Å². The SMILES string of the molecule is O=C(Nc1ccc(F)nc1)c1cc([N+](=O)[O-])ccc1F. The first-order valence-electron chi connectivity index (χ1n) is 5.34. The van der Waals surface area contributed by atoms with E-state index in [1.165, 1.54) is 6.07 Å². The van der Waals surface area contributed by atoms with Crippen molar-refractivity contribution in [1.29, 1.82) is 0 Å². The molecule has 2 aromatic rings. The monoisotopic (exact) mass is 279 g/mol. The van der Waals surface area contributed by atoms with Crippen LogP contribution in [-0.4, -0.2) is 15.8 Å². The Hall–Kier alpha value is -2.90. The number of nitrogens with zero attached hydrogens (tertiary/aromatic N) is 2. The van der Waals surface area contributed by atoms with Crippen LogP contribution in [-0.2, 0) is 0 Å². The number of amides is 1. The number of halogens is 2. The summed E-state index contributed by atoms with van der Waals surface area (Å²) in [6.45, 7) is 0. The van der Waals surface area contributed by atoms with Crippen LogP contribution in [0.15, 0.2) is 36.5 Å². The Morgan fingerprint density at radius 3 is 2.60 bits per heavy atom. The second kappa shape index (κ2) is 5.39. The zero-order valence-electron chi connectivity index (χ0n) is 9.84. The minimum Gasteiger partial charge on any atom is -0.320 e. The van der Waals surface area contributed by atoms with Crippen LogP contribution in [0.5, 0.6) is 0 Å². The van der Waals surface area contributed by atoms with Gasteiger partial charge in [-0.2, -0.15) is 4.39 Å². The van der Waals surface area contributed by atoms with E-state index in [0.717, 1.165) is 30.5 Å². The predicted octanol–water partition coefficient (Wildman–Crippen LogP) is 2.52. The van der Waals surface area contributed by atoms with Crippen LogP contribution in [0.2, 0.25) is 0 Å². The fourth-order valence-electron chi connectivity index (χ4n) is 1.45. The summed E-state index contributed by atoms with van der Waals surface area (Å²) in [7, 11) is 0. The summed E-state index contributed by atoms with van der Waals surface area (Å²) in [5, 5.41) is 12.8.